The molecule has 10 rings (SSSR count). The van der Waals surface area contributed by atoms with Gasteiger partial charge < -0.3 is 55.2 Å². The molecule has 0 aliphatic carbocycles. The second kappa shape index (κ2) is 30.9. The van der Waals surface area contributed by atoms with Crippen molar-refractivity contribution in [3.8, 4) is 34.0 Å². The van der Waals surface area contributed by atoms with Crippen molar-refractivity contribution >= 4 is 141 Å². The summed E-state index contributed by atoms with van der Waals surface area (Å²) in [6, 6.07) is 19.2. The fourth-order valence-electron chi connectivity index (χ4n) is 9.46. The predicted octanol–water partition coefficient (Wildman–Crippen LogP) is 13.1. The van der Waals surface area contributed by atoms with Gasteiger partial charge in [-0.05, 0) is 164 Å². The number of likely N-dealkylation sites (tertiary alicyclic amines) is 1. The summed E-state index contributed by atoms with van der Waals surface area (Å²) >= 11 is 10.3. The summed E-state index contributed by atoms with van der Waals surface area (Å²) in [5, 5.41) is 14.9. The second-order valence-electron chi connectivity index (χ2n) is 21.3. The molecule has 0 spiro atoms. The number of hydrogen-bond acceptors (Lipinski definition) is 15. The van der Waals surface area contributed by atoms with E-state index in [0.29, 0.717) is 66.2 Å². The number of pyridine rings is 2. The number of piperidine rings is 2. The highest BCUT2D eigenvalue weighted by atomic mass is 127. The highest BCUT2D eigenvalue weighted by Crippen LogP contribution is 2.34. The number of nitrogens with zero attached hydrogens (tertiary/aromatic N) is 9. The summed E-state index contributed by atoms with van der Waals surface area (Å²) in [6.07, 6.45) is 17.9. The zero-order chi connectivity index (χ0) is 60.7. The van der Waals surface area contributed by atoms with Gasteiger partial charge in [-0.3, -0.25) is 19.6 Å². The average Bonchev–Trinajstić information content (AvgIpc) is 3.09. The Morgan fingerprint density at radius 3 is 1.69 bits per heavy atom. The third-order valence-corrected chi connectivity index (χ3v) is 14.2. The zero-order valence-electron chi connectivity index (χ0n) is 48.5. The lowest BCUT2D eigenvalue weighted by molar-refractivity contribution is 0.0199. The van der Waals surface area contributed by atoms with E-state index in [1.54, 1.807) is 80.3 Å². The summed E-state index contributed by atoms with van der Waals surface area (Å²) in [7, 11) is 3.18. The van der Waals surface area contributed by atoms with Crippen LogP contribution in [0.4, 0.5) is 22.4 Å². The molecule has 0 unspecified atom stereocenters. The maximum atomic E-state index is 12.9. The Balaban J connectivity index is 0.000000184. The van der Waals surface area contributed by atoms with E-state index in [2.05, 4.69) is 179 Å². The van der Waals surface area contributed by atoms with Gasteiger partial charge in [0.1, 0.15) is 17.0 Å². The Morgan fingerprint density at radius 2 is 1.19 bits per heavy atom. The highest BCUT2D eigenvalue weighted by molar-refractivity contribution is 14.3. The number of aromatic nitrogens is 8. The number of hydrogen-bond donors (Lipinski definition) is 5. The minimum Gasteiger partial charge on any atom is -0.496 e. The van der Waals surface area contributed by atoms with E-state index in [1.165, 1.54) is 0 Å². The van der Waals surface area contributed by atoms with Gasteiger partial charge in [-0.25, -0.2) is 24.7 Å². The van der Waals surface area contributed by atoms with Gasteiger partial charge in [-0.1, -0.05) is 67.8 Å². The summed E-state index contributed by atoms with van der Waals surface area (Å²) in [5.41, 5.74) is 12.8. The minimum absolute atomic E-state index is 0.0482. The minimum atomic E-state index is -0.496. The molecule has 2 aliphatic rings. The van der Waals surface area contributed by atoms with E-state index in [1.807, 2.05) is 57.4 Å². The van der Waals surface area contributed by atoms with Gasteiger partial charge in [-0.15, -0.1) is 0 Å². The first-order valence-corrected chi connectivity index (χ1v) is 32.0. The Hall–Kier alpha value is -5.98. The molecule has 2 fully saturated rings. The van der Waals surface area contributed by atoms with Crippen molar-refractivity contribution in [2.24, 2.45) is 0 Å². The molecule has 2 aliphatic heterocycles. The van der Waals surface area contributed by atoms with Crippen LogP contribution in [0, 0.1) is 0 Å². The largest absolute Gasteiger partial charge is 0.496 e. The van der Waals surface area contributed by atoms with Crippen molar-refractivity contribution in [3.63, 3.8) is 0 Å². The number of alkyl halides is 3. The fraction of sp³-hybridized carbons (Fsp3) is 0.383. The average molecular weight is 1550 g/mol. The van der Waals surface area contributed by atoms with Crippen LogP contribution < -0.4 is 36.5 Å². The van der Waals surface area contributed by atoms with Crippen molar-refractivity contribution in [3.05, 3.63) is 126 Å². The SMILES string of the molecule is CC(C)n1cc(-c2ccnc(N)n2)c2ccncc21.COc1ccc(C(=O)NC2CCN(C(=O)OC(C)(C)C)CC2)cc1Br.COc1ccc(C(=O)NC2CCNCC2)cc1Nc1nccc(-c2cn(C(C)C)c3cnccc23)n1.IC(I)I. The normalized spacial score (nSPS) is 13.7. The van der Waals surface area contributed by atoms with E-state index in [9.17, 15) is 14.4 Å². The van der Waals surface area contributed by atoms with Gasteiger partial charge in [0.05, 0.1) is 59.2 Å². The Morgan fingerprint density at radius 1 is 0.690 bits per heavy atom. The van der Waals surface area contributed by atoms with Crippen LogP contribution in [0.1, 0.15) is 107 Å². The van der Waals surface area contributed by atoms with E-state index >= 15 is 0 Å². The van der Waals surface area contributed by atoms with E-state index in [-0.39, 0.29) is 42.0 Å². The van der Waals surface area contributed by atoms with Crippen molar-refractivity contribution in [1.29, 1.82) is 0 Å². The highest BCUT2D eigenvalue weighted by Gasteiger charge is 2.28. The number of fused-ring (bicyclic) bond motifs is 2. The molecule has 0 radical (unpaired) electrons. The smallest absolute Gasteiger partial charge is 0.410 e. The number of anilines is 3. The summed E-state index contributed by atoms with van der Waals surface area (Å²) in [4.78, 5) is 65.0. The molecule has 0 bridgehead atoms. The van der Waals surface area contributed by atoms with Gasteiger partial charge in [0.2, 0.25) is 11.9 Å². The van der Waals surface area contributed by atoms with Crippen LogP contribution in [0.15, 0.2) is 115 Å². The molecule has 20 nitrogen and oxygen atoms in total. The Bertz CT molecular complexity index is 3500. The van der Waals surface area contributed by atoms with Gasteiger partial charge >= 0.3 is 6.09 Å². The molecule has 6 N–H and O–H groups in total. The van der Waals surface area contributed by atoms with E-state index < -0.39 is 5.60 Å². The van der Waals surface area contributed by atoms with Crippen molar-refractivity contribution in [1.82, 2.24) is 59.9 Å². The second-order valence-corrected chi connectivity index (χ2v) is 33.0. The topological polar surface area (TPSA) is 243 Å². The zero-order valence-corrected chi connectivity index (χ0v) is 56.6. The number of nitrogens with one attached hydrogen (secondary N) is 4. The molecule has 3 amide bonds. The van der Waals surface area contributed by atoms with Gasteiger partial charge in [0.15, 0.2) is 0 Å². The molecule has 2 saturated heterocycles. The number of carbonyl (C=O) groups excluding carboxylic acids is 3. The van der Waals surface area contributed by atoms with Crippen molar-refractivity contribution in [2.45, 2.75) is 104 Å². The summed E-state index contributed by atoms with van der Waals surface area (Å²) < 4.78 is 22.0. The van der Waals surface area contributed by atoms with Crippen LogP contribution in [0.25, 0.3) is 44.3 Å². The van der Waals surface area contributed by atoms with Crippen LogP contribution in [-0.2, 0) is 4.74 Å². The molecular formula is C60H72BrI3N14O6. The molecule has 24 heteroatoms. The lowest BCUT2D eigenvalue weighted by Crippen LogP contribution is -2.47. The first kappa shape index (κ1) is 65.6. The van der Waals surface area contributed by atoms with Crippen molar-refractivity contribution < 1.29 is 28.6 Å². The standard InChI is InChI=1S/C27H31N7O2.C18H25BrN2O4.C14H15N5.CHI3/c1-17(2)34-16-21(20-8-12-29-15-24(20)34)22-9-13-30-27(32-22)33-23-14-18(4-5-25(23)36-3)26(35)31-19-6-10-28-11-7-19;1-18(2,3)25-17(23)21-9-7-13(8-10-21)20-16(22)12-5-6-15(24-4)14(19)11-12;1-9(2)19-8-11(10-3-5-16-7-13(10)19)12-4-6-17-14(15)18-12;2-1(3)4/h4-5,8-9,12-17,19,28H,6-7,10-11H2,1-3H3,(H,31,35)(H,30,32,33);5-6,11,13H,7-10H2,1-4H3,(H,20,22);3-9H,1-2H3,(H2,15,17,18);1H. The lowest BCUT2D eigenvalue weighted by atomic mass is 10.0. The quantitative estimate of drug-likeness (QED) is 0.0564. The number of halogens is 4. The predicted molar refractivity (Wildman–Crippen MR) is 361 cm³/mol. The van der Waals surface area contributed by atoms with Gasteiger partial charge in [0.25, 0.3) is 11.8 Å². The van der Waals surface area contributed by atoms with E-state index in [0.717, 1.165) is 74.7 Å². The number of methoxy groups -OCH3 is 2. The van der Waals surface area contributed by atoms with Crippen LogP contribution in [0.3, 0.4) is 0 Å². The molecule has 0 atom stereocenters. The number of amides is 3. The summed E-state index contributed by atoms with van der Waals surface area (Å²) in [5.74, 6) is 1.77. The number of nitrogens with two attached hydrogens (primary N) is 1. The van der Waals surface area contributed by atoms with Crippen LogP contribution in [0.2, 0.25) is 0 Å². The summed E-state index contributed by atoms with van der Waals surface area (Å²) in [6.45, 7) is 17.1. The van der Waals surface area contributed by atoms with Crippen molar-refractivity contribution in [2.75, 3.05) is 51.4 Å². The molecule has 84 heavy (non-hydrogen) atoms. The third kappa shape index (κ3) is 18.3. The maximum Gasteiger partial charge on any atom is 0.410 e. The number of ether oxygens (including phenoxy) is 3. The molecule has 8 heterocycles. The molecule has 6 aromatic heterocycles. The number of rotatable bonds is 12. The monoisotopic (exact) mass is 1540 g/mol. The Kier molecular flexibility index (Phi) is 24.1. The molecule has 446 valence electrons. The van der Waals surface area contributed by atoms with Gasteiger partial charge in [-0.2, -0.15) is 0 Å². The van der Waals surface area contributed by atoms with Gasteiger partial charge in [0, 0.05) is 107 Å². The molecule has 2 aromatic carbocycles. The maximum absolute atomic E-state index is 12.9. The van der Waals surface area contributed by atoms with E-state index in [4.69, 9.17) is 24.9 Å². The molecule has 0 saturated carbocycles. The lowest BCUT2D eigenvalue weighted by Gasteiger charge is -2.33. The molecular weight excluding hydrogens is 1470 g/mol. The third-order valence-electron chi connectivity index (χ3n) is 13.5. The first-order valence-electron chi connectivity index (χ1n) is 27.5. The fourth-order valence-corrected chi connectivity index (χ4v) is 10.0. The number of benzene rings is 2. The number of carbonyl (C=O) groups is 3. The first-order chi connectivity index (χ1) is 40.1. The van der Waals surface area contributed by atoms with Crippen LogP contribution in [0.5, 0.6) is 11.5 Å². The Labute approximate surface area is 540 Å². The van der Waals surface area contributed by atoms with Crippen LogP contribution >= 0.6 is 83.7 Å². The molecule has 8 aromatic rings. The number of nitrogen functional groups attached to an aromatic ring is 1. The van der Waals surface area contributed by atoms with Crippen LogP contribution in [-0.4, -0.2) is 120 Å².